The lowest BCUT2D eigenvalue weighted by molar-refractivity contribution is 0.0650. The first-order chi connectivity index (χ1) is 14.9. The Balaban J connectivity index is 1.75. The summed E-state index contributed by atoms with van der Waals surface area (Å²) in [4.78, 5) is 41.9. The molecule has 0 spiro atoms. The second-order valence-corrected chi connectivity index (χ2v) is 8.05. The van der Waals surface area contributed by atoms with Crippen molar-refractivity contribution in [3.8, 4) is 5.75 Å². The van der Waals surface area contributed by atoms with E-state index in [0.29, 0.717) is 32.6 Å². The molecule has 0 unspecified atom stereocenters. The molecule has 156 valence electrons. The first kappa shape index (κ1) is 20.8. The summed E-state index contributed by atoms with van der Waals surface area (Å²) < 4.78 is 6.08. The second kappa shape index (κ2) is 8.35. The van der Waals surface area contributed by atoms with Crippen LogP contribution in [0.15, 0.2) is 71.2 Å². The van der Waals surface area contributed by atoms with E-state index in [2.05, 4.69) is 15.9 Å². The molecule has 4 rings (SSSR count). The molecule has 1 aliphatic rings. The lowest BCUT2D eigenvalue weighted by Gasteiger charge is -2.28. The average Bonchev–Trinajstić information content (AvgIpc) is 3.02. The molecule has 0 aliphatic carbocycles. The van der Waals surface area contributed by atoms with Crippen molar-refractivity contribution in [1.82, 2.24) is 4.90 Å². The second-order valence-electron chi connectivity index (χ2n) is 7.14. The van der Waals surface area contributed by atoms with Crippen LogP contribution < -0.4 is 9.64 Å². The number of carbonyl (C=O) groups is 3. The zero-order chi connectivity index (χ0) is 22.1. The van der Waals surface area contributed by atoms with Crippen LogP contribution in [0.4, 0.5) is 5.69 Å². The number of aryl methyl sites for hydroxylation is 1. The molecule has 1 heterocycles. The molecule has 3 aromatic rings. The van der Waals surface area contributed by atoms with Gasteiger partial charge in [0.15, 0.2) is 0 Å². The Morgan fingerprint density at radius 2 is 1.58 bits per heavy atom. The minimum atomic E-state index is -0.424. The number of methoxy groups -OCH3 is 1. The maximum Gasteiger partial charge on any atom is 0.263 e. The highest BCUT2D eigenvalue weighted by atomic mass is 79.9. The third-order valence-electron chi connectivity index (χ3n) is 5.14. The fraction of sp³-hybridized carbons (Fsp3) is 0.125. The molecular formula is C24H19BrN2O4. The Bertz CT molecular complexity index is 1160. The summed E-state index contributed by atoms with van der Waals surface area (Å²) in [6.07, 6.45) is 0. The molecule has 0 bridgehead atoms. The van der Waals surface area contributed by atoms with E-state index in [-0.39, 0.29) is 6.67 Å². The summed E-state index contributed by atoms with van der Waals surface area (Å²) in [7, 11) is 1.49. The number of imide groups is 1. The molecular weight excluding hydrogens is 460 g/mol. The van der Waals surface area contributed by atoms with Gasteiger partial charge in [0.25, 0.3) is 17.7 Å². The maximum atomic E-state index is 13.6. The normalized spacial score (nSPS) is 12.7. The van der Waals surface area contributed by atoms with Gasteiger partial charge in [-0.05, 0) is 49.4 Å². The third kappa shape index (κ3) is 3.84. The van der Waals surface area contributed by atoms with Gasteiger partial charge < -0.3 is 4.74 Å². The highest BCUT2D eigenvalue weighted by molar-refractivity contribution is 9.10. The van der Waals surface area contributed by atoms with E-state index >= 15 is 0 Å². The highest BCUT2D eigenvalue weighted by Crippen LogP contribution is 2.29. The summed E-state index contributed by atoms with van der Waals surface area (Å²) in [6.45, 7) is 1.72. The maximum absolute atomic E-state index is 13.6. The number of hydrogen-bond donors (Lipinski definition) is 0. The van der Waals surface area contributed by atoms with Crippen molar-refractivity contribution < 1.29 is 19.1 Å². The largest absolute Gasteiger partial charge is 0.496 e. The molecule has 3 aromatic carbocycles. The van der Waals surface area contributed by atoms with Gasteiger partial charge in [0.05, 0.1) is 23.8 Å². The molecule has 0 saturated carbocycles. The van der Waals surface area contributed by atoms with Gasteiger partial charge in [-0.25, -0.2) is 0 Å². The quantitative estimate of drug-likeness (QED) is 0.499. The van der Waals surface area contributed by atoms with Crippen LogP contribution >= 0.6 is 15.9 Å². The number of carbonyl (C=O) groups excluding carboxylic acids is 3. The van der Waals surface area contributed by atoms with Gasteiger partial charge in [-0.15, -0.1) is 0 Å². The first-order valence-electron chi connectivity index (χ1n) is 9.58. The number of amides is 3. The van der Waals surface area contributed by atoms with Crippen molar-refractivity contribution in [3.05, 3.63) is 93.5 Å². The molecule has 0 atom stereocenters. The predicted octanol–water partition coefficient (Wildman–Crippen LogP) is 4.67. The predicted molar refractivity (Wildman–Crippen MR) is 120 cm³/mol. The first-order valence-corrected chi connectivity index (χ1v) is 10.4. The number of ether oxygens (including phenoxy) is 1. The Morgan fingerprint density at radius 3 is 2.16 bits per heavy atom. The van der Waals surface area contributed by atoms with Crippen molar-refractivity contribution in [1.29, 1.82) is 0 Å². The van der Waals surface area contributed by atoms with Crippen LogP contribution in [0.25, 0.3) is 0 Å². The molecule has 0 aromatic heterocycles. The number of nitrogens with zero attached hydrogens (tertiary/aromatic N) is 2. The lowest BCUT2D eigenvalue weighted by Crippen LogP contribution is -2.44. The Hall–Kier alpha value is -3.45. The molecule has 0 saturated heterocycles. The number of anilines is 1. The zero-order valence-corrected chi connectivity index (χ0v) is 18.5. The van der Waals surface area contributed by atoms with E-state index in [0.717, 1.165) is 10.5 Å². The van der Waals surface area contributed by atoms with Crippen LogP contribution in [-0.4, -0.2) is 36.4 Å². The standard InChI is InChI=1S/C24H19BrN2O4/c1-15-7-10-17(11-8-15)26(24(30)20-13-16(25)9-12-21(20)31-2)14-27-22(28)18-5-3-4-6-19(18)23(27)29/h3-13H,14H2,1-2H3. The molecule has 3 amide bonds. The van der Waals surface area contributed by atoms with Gasteiger partial charge in [0, 0.05) is 10.2 Å². The molecule has 0 N–H and O–H groups in total. The van der Waals surface area contributed by atoms with Crippen LogP contribution in [-0.2, 0) is 0 Å². The van der Waals surface area contributed by atoms with E-state index < -0.39 is 17.7 Å². The molecule has 6 nitrogen and oxygen atoms in total. The van der Waals surface area contributed by atoms with Crippen molar-refractivity contribution in [3.63, 3.8) is 0 Å². The summed E-state index contributed by atoms with van der Waals surface area (Å²) in [5, 5.41) is 0. The number of hydrogen-bond acceptors (Lipinski definition) is 4. The summed E-state index contributed by atoms with van der Waals surface area (Å²) in [6, 6.07) is 19.1. The van der Waals surface area contributed by atoms with Crippen LogP contribution in [0.2, 0.25) is 0 Å². The smallest absolute Gasteiger partial charge is 0.263 e. The summed E-state index contributed by atoms with van der Waals surface area (Å²) >= 11 is 3.39. The van der Waals surface area contributed by atoms with Crippen LogP contribution in [0.3, 0.4) is 0 Å². The molecule has 1 aliphatic heterocycles. The van der Waals surface area contributed by atoms with E-state index in [9.17, 15) is 14.4 Å². The fourth-order valence-corrected chi connectivity index (χ4v) is 3.85. The SMILES string of the molecule is COc1ccc(Br)cc1C(=O)N(CN1C(=O)c2ccccc2C1=O)c1ccc(C)cc1. The number of halogens is 1. The van der Waals surface area contributed by atoms with Crippen molar-refractivity contribution in [2.45, 2.75) is 6.92 Å². The van der Waals surface area contributed by atoms with Gasteiger partial charge in [0.1, 0.15) is 12.4 Å². The number of benzene rings is 3. The Labute approximate surface area is 188 Å². The topological polar surface area (TPSA) is 66.9 Å². The monoisotopic (exact) mass is 478 g/mol. The lowest BCUT2D eigenvalue weighted by atomic mass is 10.1. The van der Waals surface area contributed by atoms with Gasteiger partial charge in [0.2, 0.25) is 0 Å². The molecule has 31 heavy (non-hydrogen) atoms. The van der Waals surface area contributed by atoms with Crippen LogP contribution in [0.1, 0.15) is 36.6 Å². The minimum Gasteiger partial charge on any atom is -0.496 e. The third-order valence-corrected chi connectivity index (χ3v) is 5.64. The number of rotatable bonds is 5. The highest BCUT2D eigenvalue weighted by Gasteiger charge is 2.37. The van der Waals surface area contributed by atoms with Crippen molar-refractivity contribution in [2.75, 3.05) is 18.7 Å². The Kier molecular flexibility index (Phi) is 5.61. The van der Waals surface area contributed by atoms with Gasteiger partial charge >= 0.3 is 0 Å². The molecule has 0 radical (unpaired) electrons. The van der Waals surface area contributed by atoms with Crippen LogP contribution in [0, 0.1) is 6.92 Å². The van der Waals surface area contributed by atoms with E-state index in [4.69, 9.17) is 4.74 Å². The van der Waals surface area contributed by atoms with Gasteiger partial charge in [-0.3, -0.25) is 24.2 Å². The summed E-state index contributed by atoms with van der Waals surface area (Å²) in [5.41, 5.74) is 2.58. The summed E-state index contributed by atoms with van der Waals surface area (Å²) in [5.74, 6) is -0.843. The Morgan fingerprint density at radius 1 is 0.968 bits per heavy atom. The fourth-order valence-electron chi connectivity index (χ4n) is 3.49. The molecule has 7 heteroatoms. The van der Waals surface area contributed by atoms with E-state index in [1.807, 2.05) is 19.1 Å². The minimum absolute atomic E-state index is 0.218. The number of fused-ring (bicyclic) bond motifs is 1. The van der Waals surface area contributed by atoms with Crippen molar-refractivity contribution in [2.24, 2.45) is 0 Å². The van der Waals surface area contributed by atoms with E-state index in [1.165, 1.54) is 12.0 Å². The molecule has 0 fully saturated rings. The average molecular weight is 479 g/mol. The van der Waals surface area contributed by atoms with Gasteiger partial charge in [-0.2, -0.15) is 0 Å². The van der Waals surface area contributed by atoms with Gasteiger partial charge in [-0.1, -0.05) is 45.8 Å². The van der Waals surface area contributed by atoms with Crippen LogP contribution in [0.5, 0.6) is 5.75 Å². The van der Waals surface area contributed by atoms with Crippen molar-refractivity contribution >= 4 is 39.3 Å². The van der Waals surface area contributed by atoms with E-state index in [1.54, 1.807) is 54.6 Å². The zero-order valence-electron chi connectivity index (χ0n) is 17.0.